The molecular weight excluding hydrogens is 322 g/mol. The summed E-state index contributed by atoms with van der Waals surface area (Å²) in [6.07, 6.45) is -0.545. The fourth-order valence-corrected chi connectivity index (χ4v) is 2.56. The molecule has 0 aliphatic carbocycles. The molecule has 0 N–H and O–H groups in total. The van der Waals surface area contributed by atoms with Crippen LogP contribution in [0.25, 0.3) is 0 Å². The van der Waals surface area contributed by atoms with Gasteiger partial charge in [-0.2, -0.15) is 0 Å². The van der Waals surface area contributed by atoms with Crippen LogP contribution in [0.3, 0.4) is 0 Å². The first-order valence-corrected chi connectivity index (χ1v) is 8.19. The minimum Gasteiger partial charge on any atom is -0.467 e. The fraction of sp³-hybridized carbons (Fsp3) is 0.579. The standard InChI is InChI=1S/C19H29NO5/c1-13(16(21)23-5)20(18(22)19(2,3)4)12-14-10-8-9-11-15(14)17(24-6)25-7/h8-11,13,17H,12H2,1-7H3. The zero-order chi connectivity index (χ0) is 19.2. The Morgan fingerprint density at radius 1 is 1.08 bits per heavy atom. The second kappa shape index (κ2) is 8.97. The smallest absolute Gasteiger partial charge is 0.328 e. The first-order chi connectivity index (χ1) is 11.7. The molecule has 0 aliphatic heterocycles. The van der Waals surface area contributed by atoms with Crippen LogP contribution in [0.15, 0.2) is 24.3 Å². The van der Waals surface area contributed by atoms with Gasteiger partial charge in [0.05, 0.1) is 7.11 Å². The molecule has 0 saturated carbocycles. The average molecular weight is 351 g/mol. The number of benzene rings is 1. The zero-order valence-electron chi connectivity index (χ0n) is 16.2. The van der Waals surface area contributed by atoms with Crippen molar-refractivity contribution in [3.05, 3.63) is 35.4 Å². The number of rotatable bonds is 7. The topological polar surface area (TPSA) is 65.1 Å². The van der Waals surface area contributed by atoms with E-state index >= 15 is 0 Å². The largest absolute Gasteiger partial charge is 0.467 e. The minimum absolute atomic E-state index is 0.133. The van der Waals surface area contributed by atoms with Gasteiger partial charge in [0.25, 0.3) is 0 Å². The fourth-order valence-electron chi connectivity index (χ4n) is 2.56. The molecule has 140 valence electrons. The summed E-state index contributed by atoms with van der Waals surface area (Å²) in [7, 11) is 4.43. The van der Waals surface area contributed by atoms with Gasteiger partial charge in [-0.05, 0) is 12.5 Å². The Morgan fingerprint density at radius 3 is 2.12 bits per heavy atom. The summed E-state index contributed by atoms with van der Waals surface area (Å²) in [6.45, 7) is 7.40. The SMILES string of the molecule is COC(=O)C(C)N(Cc1ccccc1C(OC)OC)C(=O)C(C)(C)C. The molecule has 0 fully saturated rings. The highest BCUT2D eigenvalue weighted by Gasteiger charge is 2.34. The van der Waals surface area contributed by atoms with Crippen molar-refractivity contribution in [1.82, 2.24) is 4.90 Å². The lowest BCUT2D eigenvalue weighted by Crippen LogP contribution is -2.48. The Balaban J connectivity index is 3.27. The molecule has 25 heavy (non-hydrogen) atoms. The summed E-state index contributed by atoms with van der Waals surface area (Å²) in [5.41, 5.74) is 1.04. The molecule has 0 bridgehead atoms. The van der Waals surface area contributed by atoms with Gasteiger partial charge >= 0.3 is 5.97 Å². The molecule has 0 heterocycles. The maximum Gasteiger partial charge on any atom is 0.328 e. The van der Waals surface area contributed by atoms with Crippen LogP contribution in [-0.2, 0) is 30.3 Å². The number of hydrogen-bond donors (Lipinski definition) is 0. The van der Waals surface area contributed by atoms with Gasteiger partial charge in [0.2, 0.25) is 5.91 Å². The van der Waals surface area contributed by atoms with Gasteiger partial charge in [0, 0.05) is 31.7 Å². The molecule has 0 spiro atoms. The zero-order valence-corrected chi connectivity index (χ0v) is 16.2. The molecule has 6 heteroatoms. The van der Waals surface area contributed by atoms with Gasteiger partial charge in [0.1, 0.15) is 6.04 Å². The number of amides is 1. The van der Waals surface area contributed by atoms with Gasteiger partial charge < -0.3 is 19.1 Å². The maximum atomic E-state index is 12.9. The van der Waals surface area contributed by atoms with Gasteiger partial charge in [-0.25, -0.2) is 4.79 Å². The second-order valence-corrected chi connectivity index (χ2v) is 6.88. The molecule has 0 radical (unpaired) electrons. The average Bonchev–Trinajstić information content (AvgIpc) is 2.59. The molecule has 0 saturated heterocycles. The summed E-state index contributed by atoms with van der Waals surface area (Å²) < 4.78 is 15.5. The van der Waals surface area contributed by atoms with Crippen LogP contribution in [0.4, 0.5) is 0 Å². The third-order valence-corrected chi connectivity index (χ3v) is 3.99. The summed E-state index contributed by atoms with van der Waals surface area (Å²) in [5, 5.41) is 0. The maximum absolute atomic E-state index is 12.9. The van der Waals surface area contributed by atoms with Crippen molar-refractivity contribution in [2.24, 2.45) is 5.41 Å². The Kier molecular flexibility index (Phi) is 7.58. The Labute approximate surface area is 150 Å². The van der Waals surface area contributed by atoms with E-state index in [2.05, 4.69) is 0 Å². The summed E-state index contributed by atoms with van der Waals surface area (Å²) in [6, 6.07) is 6.84. The number of esters is 1. The highest BCUT2D eigenvalue weighted by molar-refractivity contribution is 5.87. The van der Waals surface area contributed by atoms with Gasteiger partial charge in [-0.3, -0.25) is 4.79 Å². The van der Waals surface area contributed by atoms with Crippen LogP contribution in [0.2, 0.25) is 0 Å². The van der Waals surface area contributed by atoms with Crippen molar-refractivity contribution in [2.75, 3.05) is 21.3 Å². The van der Waals surface area contributed by atoms with Crippen molar-refractivity contribution in [1.29, 1.82) is 0 Å². The molecule has 0 aromatic heterocycles. The quantitative estimate of drug-likeness (QED) is 0.558. The highest BCUT2D eigenvalue weighted by atomic mass is 16.7. The van der Waals surface area contributed by atoms with Crippen LogP contribution in [-0.4, -0.2) is 44.1 Å². The number of methoxy groups -OCH3 is 3. The van der Waals surface area contributed by atoms with Crippen molar-refractivity contribution >= 4 is 11.9 Å². The first-order valence-electron chi connectivity index (χ1n) is 8.19. The molecular formula is C19H29NO5. The van der Waals surface area contributed by atoms with E-state index < -0.39 is 23.7 Å². The number of carbonyl (C=O) groups is 2. The van der Waals surface area contributed by atoms with Crippen LogP contribution < -0.4 is 0 Å². The summed E-state index contributed by atoms with van der Waals surface area (Å²) in [4.78, 5) is 26.5. The van der Waals surface area contributed by atoms with E-state index in [0.717, 1.165) is 11.1 Å². The molecule has 6 nitrogen and oxygen atoms in total. The van der Waals surface area contributed by atoms with E-state index in [1.165, 1.54) is 12.0 Å². The lowest BCUT2D eigenvalue weighted by atomic mass is 9.93. The summed E-state index contributed by atoms with van der Waals surface area (Å²) >= 11 is 0. The van der Waals surface area contributed by atoms with Crippen molar-refractivity contribution in [2.45, 2.75) is 46.6 Å². The Morgan fingerprint density at radius 2 is 1.64 bits per heavy atom. The van der Waals surface area contributed by atoms with E-state index in [4.69, 9.17) is 14.2 Å². The van der Waals surface area contributed by atoms with Crippen LogP contribution in [0.5, 0.6) is 0 Å². The van der Waals surface area contributed by atoms with Crippen LogP contribution in [0, 0.1) is 5.41 Å². The molecule has 1 atom stereocenters. The van der Waals surface area contributed by atoms with E-state index in [0.29, 0.717) is 0 Å². The van der Waals surface area contributed by atoms with E-state index in [9.17, 15) is 9.59 Å². The van der Waals surface area contributed by atoms with E-state index in [1.54, 1.807) is 21.1 Å². The lowest BCUT2D eigenvalue weighted by molar-refractivity contribution is -0.156. The predicted octanol–water partition coefficient (Wildman–Crippen LogP) is 2.91. The summed E-state index contributed by atoms with van der Waals surface area (Å²) in [5.74, 6) is -0.586. The highest BCUT2D eigenvalue weighted by Crippen LogP contribution is 2.26. The van der Waals surface area contributed by atoms with Gasteiger partial charge in [-0.1, -0.05) is 45.0 Å². The van der Waals surface area contributed by atoms with Gasteiger partial charge in [-0.15, -0.1) is 0 Å². The van der Waals surface area contributed by atoms with Gasteiger partial charge in [0.15, 0.2) is 6.29 Å². The van der Waals surface area contributed by atoms with E-state index in [1.807, 2.05) is 45.0 Å². The lowest BCUT2D eigenvalue weighted by Gasteiger charge is -2.34. The molecule has 1 amide bonds. The number of nitrogens with zero attached hydrogens (tertiary/aromatic N) is 1. The van der Waals surface area contributed by atoms with Crippen molar-refractivity contribution < 1.29 is 23.8 Å². The Bertz CT molecular complexity index is 590. The van der Waals surface area contributed by atoms with Crippen LogP contribution in [0.1, 0.15) is 45.1 Å². The number of ether oxygens (including phenoxy) is 3. The molecule has 1 aromatic carbocycles. The van der Waals surface area contributed by atoms with Crippen LogP contribution >= 0.6 is 0 Å². The molecule has 1 rings (SSSR count). The van der Waals surface area contributed by atoms with Crippen molar-refractivity contribution in [3.63, 3.8) is 0 Å². The third-order valence-electron chi connectivity index (χ3n) is 3.99. The second-order valence-electron chi connectivity index (χ2n) is 6.88. The number of hydrogen-bond acceptors (Lipinski definition) is 5. The number of carbonyl (C=O) groups excluding carboxylic acids is 2. The third kappa shape index (κ3) is 5.28. The Hall–Kier alpha value is -1.92. The molecule has 1 unspecified atom stereocenters. The molecule has 1 aromatic rings. The minimum atomic E-state index is -0.701. The van der Waals surface area contributed by atoms with Crippen molar-refractivity contribution in [3.8, 4) is 0 Å². The first kappa shape index (κ1) is 21.1. The normalized spacial score (nSPS) is 12.8. The monoisotopic (exact) mass is 351 g/mol. The molecule has 0 aliphatic rings. The van der Waals surface area contributed by atoms with E-state index in [-0.39, 0.29) is 12.5 Å². The predicted molar refractivity (Wildman–Crippen MR) is 94.7 cm³/mol.